The Labute approximate surface area is 372 Å². The molecule has 1 unspecified atom stereocenters. The molecule has 1 spiro atoms. The zero-order valence-electron chi connectivity index (χ0n) is 36.2. The first kappa shape index (κ1) is 41.1. The summed E-state index contributed by atoms with van der Waals surface area (Å²) in [7, 11) is 1.82. The van der Waals surface area contributed by atoms with E-state index in [1.54, 1.807) is 10.7 Å². The van der Waals surface area contributed by atoms with Crippen molar-refractivity contribution in [2.75, 3.05) is 37.6 Å². The fourth-order valence-corrected chi connectivity index (χ4v) is 12.7. The highest BCUT2D eigenvalue weighted by atomic mass is 35.5. The van der Waals surface area contributed by atoms with Crippen molar-refractivity contribution < 1.29 is 18.7 Å². The number of piperidine rings is 3. The zero-order chi connectivity index (χ0) is 43.0. The van der Waals surface area contributed by atoms with Crippen LogP contribution in [-0.4, -0.2) is 81.0 Å². The molecular formula is C50H57ClFN7O4. The predicted octanol–water partition coefficient (Wildman–Crippen LogP) is 8.57. The Balaban J connectivity index is 0.675. The lowest BCUT2D eigenvalue weighted by atomic mass is 9.69. The first-order valence-electron chi connectivity index (χ1n) is 23.6. The summed E-state index contributed by atoms with van der Waals surface area (Å²) < 4.78 is 26.4. The van der Waals surface area contributed by atoms with Crippen LogP contribution < -0.4 is 15.8 Å². The number of rotatable bonds is 7. The second-order valence-electron chi connectivity index (χ2n) is 19.5. The molecule has 0 bridgehead atoms. The molecule has 1 N–H and O–H groups in total. The fraction of sp³-hybridized carbons (Fsp3) is 0.540. The number of nitrogens with zero attached hydrogens (tertiary/aromatic N) is 6. The molecule has 330 valence electrons. The van der Waals surface area contributed by atoms with Crippen molar-refractivity contribution in [1.29, 1.82) is 0 Å². The molecule has 3 saturated heterocycles. The van der Waals surface area contributed by atoms with Gasteiger partial charge in [-0.05, 0) is 137 Å². The number of likely N-dealkylation sites (tertiary alicyclic amines) is 1. The molecule has 11 rings (SSSR count). The Morgan fingerprint density at radius 2 is 1.60 bits per heavy atom. The third-order valence-electron chi connectivity index (χ3n) is 15.8. The monoisotopic (exact) mass is 873 g/mol. The van der Waals surface area contributed by atoms with Crippen LogP contribution in [0.1, 0.15) is 131 Å². The van der Waals surface area contributed by atoms with Crippen LogP contribution in [0.15, 0.2) is 53.3 Å². The minimum atomic E-state index is -0.564. The van der Waals surface area contributed by atoms with Crippen molar-refractivity contribution >= 4 is 50.9 Å². The van der Waals surface area contributed by atoms with Gasteiger partial charge in [0.2, 0.25) is 11.8 Å². The number of fused-ring (bicyclic) bond motifs is 8. The quantitative estimate of drug-likeness (QED) is 0.162. The van der Waals surface area contributed by atoms with E-state index < -0.39 is 5.92 Å². The van der Waals surface area contributed by atoms with E-state index in [-0.39, 0.29) is 47.2 Å². The second-order valence-corrected chi connectivity index (χ2v) is 19.9. The van der Waals surface area contributed by atoms with Gasteiger partial charge < -0.3 is 14.5 Å². The molecule has 5 aromatic rings. The van der Waals surface area contributed by atoms with Gasteiger partial charge in [-0.15, -0.1) is 0 Å². The molecule has 2 aromatic heterocycles. The number of carbonyl (C=O) groups is 2. The van der Waals surface area contributed by atoms with E-state index in [0.29, 0.717) is 45.4 Å². The maximum Gasteiger partial charge on any atom is 0.282 e. The molecule has 5 fully saturated rings. The largest absolute Gasteiger partial charge is 0.375 e. The van der Waals surface area contributed by atoms with E-state index in [1.165, 1.54) is 42.1 Å². The van der Waals surface area contributed by atoms with Gasteiger partial charge in [-0.3, -0.25) is 28.9 Å². The normalized spacial score (nSPS) is 24.6. The molecule has 11 nitrogen and oxygen atoms in total. The highest BCUT2D eigenvalue weighted by Gasteiger charge is 2.47. The molecule has 2 amide bonds. The minimum Gasteiger partial charge on any atom is -0.375 e. The van der Waals surface area contributed by atoms with Gasteiger partial charge in [0.1, 0.15) is 11.6 Å². The van der Waals surface area contributed by atoms with Crippen LogP contribution >= 0.6 is 11.6 Å². The summed E-state index contributed by atoms with van der Waals surface area (Å²) in [4.78, 5) is 47.3. The van der Waals surface area contributed by atoms with Crippen molar-refractivity contribution in [3.63, 3.8) is 0 Å². The van der Waals surface area contributed by atoms with Crippen LogP contribution in [0.25, 0.3) is 27.5 Å². The second kappa shape index (κ2) is 16.4. The van der Waals surface area contributed by atoms with E-state index >= 15 is 4.39 Å². The number of carbonyl (C=O) groups excluding carboxylic acids is 2. The Bertz CT molecular complexity index is 2670. The van der Waals surface area contributed by atoms with Gasteiger partial charge in [0.25, 0.3) is 5.56 Å². The van der Waals surface area contributed by atoms with Crippen LogP contribution in [0.3, 0.4) is 0 Å². The van der Waals surface area contributed by atoms with Crippen molar-refractivity contribution in [2.24, 2.45) is 13.0 Å². The third-order valence-corrected chi connectivity index (χ3v) is 16.1. The van der Waals surface area contributed by atoms with Crippen molar-refractivity contribution in [1.82, 2.24) is 29.5 Å². The van der Waals surface area contributed by atoms with Crippen molar-refractivity contribution in [2.45, 2.75) is 126 Å². The van der Waals surface area contributed by atoms with Gasteiger partial charge in [0.15, 0.2) is 0 Å². The van der Waals surface area contributed by atoms with E-state index in [0.717, 1.165) is 114 Å². The van der Waals surface area contributed by atoms with Crippen LogP contribution in [0.2, 0.25) is 5.02 Å². The van der Waals surface area contributed by atoms with E-state index in [4.69, 9.17) is 21.3 Å². The molecule has 3 aromatic carbocycles. The lowest BCUT2D eigenvalue weighted by Crippen LogP contribution is -2.40. The maximum absolute atomic E-state index is 15.7. The number of amides is 2. The Hall–Kier alpha value is -4.65. The smallest absolute Gasteiger partial charge is 0.282 e. The summed E-state index contributed by atoms with van der Waals surface area (Å²) in [5.41, 5.74) is 6.22. The van der Waals surface area contributed by atoms with Crippen LogP contribution in [0.4, 0.5) is 10.1 Å². The first-order chi connectivity index (χ1) is 30.6. The minimum absolute atomic E-state index is 0.181. The third kappa shape index (κ3) is 7.28. The van der Waals surface area contributed by atoms with Crippen LogP contribution in [0, 0.1) is 11.7 Å². The van der Waals surface area contributed by atoms with Gasteiger partial charge >= 0.3 is 0 Å². The number of halogens is 2. The number of anilines is 1. The number of hydrogen-bond acceptors (Lipinski definition) is 8. The average Bonchev–Trinajstić information content (AvgIpc) is 3.74. The molecule has 4 aliphatic heterocycles. The van der Waals surface area contributed by atoms with Crippen molar-refractivity contribution in [3.05, 3.63) is 92.4 Å². The zero-order valence-corrected chi connectivity index (χ0v) is 37.0. The molecule has 6 aliphatic rings. The summed E-state index contributed by atoms with van der Waals surface area (Å²) in [6.07, 6.45) is 15.3. The van der Waals surface area contributed by atoms with Crippen LogP contribution in [-0.2, 0) is 26.8 Å². The number of aromatic nitrogens is 4. The average molecular weight is 875 g/mol. The molecule has 0 radical (unpaired) electrons. The number of imide groups is 1. The molecule has 13 heteroatoms. The number of ether oxygens (including phenoxy) is 1. The molecule has 6 heterocycles. The molecule has 1 atom stereocenters. The summed E-state index contributed by atoms with van der Waals surface area (Å²) in [6.45, 7) is 4.82. The maximum atomic E-state index is 15.7. The summed E-state index contributed by atoms with van der Waals surface area (Å²) >= 11 is 6.63. The lowest BCUT2D eigenvalue weighted by molar-refractivity contribution is -0.134. The van der Waals surface area contributed by atoms with E-state index in [1.807, 2.05) is 25.2 Å². The first-order valence-corrected chi connectivity index (χ1v) is 24.0. The fourth-order valence-electron chi connectivity index (χ4n) is 12.5. The topological polar surface area (TPSA) is 115 Å². The number of benzene rings is 3. The van der Waals surface area contributed by atoms with E-state index in [2.05, 4.69) is 43.0 Å². The molecular weight excluding hydrogens is 817 g/mol. The number of aryl methyl sites for hydroxylation is 1. The van der Waals surface area contributed by atoms with Gasteiger partial charge in [-0.25, -0.2) is 4.39 Å². The van der Waals surface area contributed by atoms with Crippen molar-refractivity contribution in [3.8, 4) is 5.69 Å². The Morgan fingerprint density at radius 1 is 0.841 bits per heavy atom. The summed E-state index contributed by atoms with van der Waals surface area (Å²) in [6, 6.07) is 16.3. The molecule has 63 heavy (non-hydrogen) atoms. The van der Waals surface area contributed by atoms with E-state index in [9.17, 15) is 14.4 Å². The highest BCUT2D eigenvalue weighted by molar-refractivity contribution is 6.35. The predicted molar refractivity (Wildman–Crippen MR) is 242 cm³/mol. The summed E-state index contributed by atoms with van der Waals surface area (Å²) in [5.74, 6) is 0.587. The molecule has 2 saturated carbocycles. The molecule has 2 aliphatic carbocycles. The van der Waals surface area contributed by atoms with Gasteiger partial charge in [-0.2, -0.15) is 10.1 Å². The van der Waals surface area contributed by atoms with Gasteiger partial charge in [0, 0.05) is 38.5 Å². The highest BCUT2D eigenvalue weighted by Crippen LogP contribution is 2.52. The Kier molecular flexibility index (Phi) is 10.7. The Morgan fingerprint density at radius 3 is 2.37 bits per heavy atom. The van der Waals surface area contributed by atoms with Crippen LogP contribution in [0.5, 0.6) is 0 Å². The number of hydrogen-bond donors (Lipinski definition) is 1. The van der Waals surface area contributed by atoms with Gasteiger partial charge in [0.05, 0.1) is 62.1 Å². The van der Waals surface area contributed by atoms with Gasteiger partial charge in [-0.1, -0.05) is 49.1 Å². The number of nitrogens with one attached hydrogen (secondary N) is 1. The SMILES string of the molecule is Cn1nc(C2CCC(=O)NC2=O)c2cc(F)c(N3CCC(OC4CCC(CN5CCC(c6ccc7c(c6)-n6c(nc(=O)c8c(Cl)cccc86)C76CCCCC6)CC5)CC4)CC3)cc21. The lowest BCUT2D eigenvalue weighted by Gasteiger charge is -2.39. The summed E-state index contributed by atoms with van der Waals surface area (Å²) in [5, 5.41) is 8.62. The standard InChI is InChI=1S/C50H57ClFN7O4/c1-56-41-28-43(39(52)27-36(41)46(55-56)35-13-15-44(60)53-47(35)61)58-24-18-34(19-25-58)63-33-11-8-30(9-12-33)29-57-22-16-31(17-23-57)32-10-14-37-42(26-32)59-40-7-5-6-38(51)45(40)48(62)54-49(59)50(37)20-3-2-4-21-50/h5-7,10,14,26-28,30-31,33-35H,2-4,8-9,11-13,15-25,29H2,1H3,(H,53,60,61).